The summed E-state index contributed by atoms with van der Waals surface area (Å²) in [5.41, 5.74) is 3.72. The van der Waals surface area contributed by atoms with Crippen LogP contribution >= 0.6 is 47.0 Å². The Bertz CT molecular complexity index is 4170. The summed E-state index contributed by atoms with van der Waals surface area (Å²) in [5.74, 6) is -23.1. The van der Waals surface area contributed by atoms with Gasteiger partial charge in [-0.15, -0.1) is 23.5 Å². The Kier molecular flexibility index (Phi) is 41.3. The summed E-state index contributed by atoms with van der Waals surface area (Å²) in [6.45, 7) is 20.1. The van der Waals surface area contributed by atoms with Crippen LogP contribution in [-0.2, 0) is 102 Å². The van der Waals surface area contributed by atoms with Gasteiger partial charge in [0.1, 0.15) is 78.5 Å². The van der Waals surface area contributed by atoms with Gasteiger partial charge in [-0.1, -0.05) is 126 Å². The molecule has 21 N–H and O–H groups in total. The van der Waals surface area contributed by atoms with E-state index in [2.05, 4.69) is 108 Å². The molecular formula is C80H120N20O21S4. The molecule has 19 atom stereocenters. The Hall–Kier alpha value is -10.5. The van der Waals surface area contributed by atoms with E-state index >= 15 is 38.4 Å². The Labute approximate surface area is 742 Å². The smallest absolute Gasteiger partial charge is 0.279 e. The molecule has 0 aromatic heterocycles. The van der Waals surface area contributed by atoms with Gasteiger partial charge in [0, 0.05) is 57.6 Å². The average molecular weight is 1830 g/mol. The Morgan fingerprint density at radius 3 is 1.74 bits per heavy atom. The number of carbonyl (C=O) groups is 20. The molecule has 0 aliphatic carbocycles. The number of carboxylic acid groups (broad SMARTS) is 1. The number of aliphatic carboxylic acids is 1. The number of quaternary nitrogens is 1. The molecular weight excluding hydrogens is 1710 g/mol. The number of hydrogen-bond acceptors (Lipinski definition) is 25. The Morgan fingerprint density at radius 2 is 1.14 bits per heavy atom. The summed E-state index contributed by atoms with van der Waals surface area (Å²) in [6.07, 6.45) is -0.107. The zero-order valence-electron chi connectivity index (χ0n) is 72.1. The molecule has 6 rings (SSSR count). The third-order valence-electron chi connectivity index (χ3n) is 21.1. The number of benzene rings is 1. The van der Waals surface area contributed by atoms with Crippen molar-refractivity contribution in [3.63, 3.8) is 0 Å². The summed E-state index contributed by atoms with van der Waals surface area (Å²) in [5, 5.41) is 55.4. The zero-order valence-corrected chi connectivity index (χ0v) is 75.4. The maximum atomic E-state index is 16.0. The summed E-state index contributed by atoms with van der Waals surface area (Å²) in [4.78, 5) is 289. The molecule has 5 heterocycles. The van der Waals surface area contributed by atoms with E-state index in [9.17, 15) is 62.6 Å². The largest absolute Gasteiger partial charge is 0.550 e. The molecule has 0 saturated carbocycles. The maximum absolute atomic E-state index is 16.0. The van der Waals surface area contributed by atoms with Crippen LogP contribution in [0.1, 0.15) is 134 Å². The minimum absolute atomic E-state index is 0.00424. The van der Waals surface area contributed by atoms with Crippen molar-refractivity contribution in [2.75, 3.05) is 50.0 Å². The summed E-state index contributed by atoms with van der Waals surface area (Å²) >= 11 is 3.67. The van der Waals surface area contributed by atoms with Crippen molar-refractivity contribution in [2.45, 2.75) is 240 Å². The van der Waals surface area contributed by atoms with Gasteiger partial charge in [-0.25, -0.2) is 0 Å². The van der Waals surface area contributed by atoms with Gasteiger partial charge in [-0.05, 0) is 73.2 Å². The summed E-state index contributed by atoms with van der Waals surface area (Å²) in [6, 6.07) is -13.3. The molecule has 19 amide bonds. The first-order valence-corrected chi connectivity index (χ1v) is 45.6. The molecule has 45 heteroatoms. The van der Waals surface area contributed by atoms with E-state index in [0.29, 0.717) is 5.56 Å². The maximum Gasteiger partial charge on any atom is 0.279 e. The minimum Gasteiger partial charge on any atom is -0.550 e. The number of rotatable bonds is 18. The van der Waals surface area contributed by atoms with Crippen molar-refractivity contribution in [1.29, 1.82) is 0 Å². The van der Waals surface area contributed by atoms with E-state index in [1.54, 1.807) is 78.8 Å². The van der Waals surface area contributed by atoms with Crippen LogP contribution in [0, 0.1) is 23.7 Å². The Balaban J connectivity index is 1.56. The standard InChI is InChI=1S/C80H120N20O21S4/c1-14-40(8)61-74(115)82-24-26-122-42(10)62-76(117)87-41(9)66(107)88-48(22-23-59(105)106)68(109)92-52(71(112)95-61)35-124-44(12)64(78(119)89-49(27-37(2)3)69(110)97-62)99-72(113)53-36-125-45(13)65(98-70(111)50(29-46-19-16-15-17-20-46)90-77(118)63-43(11)123-34-47(81)67(108)96-63)79(120)91-51(28-38(4)5)80(121)100-25-18-21-54(100)73(114)86-32-57(103)84-30-55(101)83-31-56(102)85-33-58(104)94-60(39(6)7)75(116)93-53/h15-17,19-20,24,26,37-40,42-45,47-54,60-65H,9,14,18,21-23,25,27-36,81H2,1-8,10-13H3,(H,82,115)(H,83,101)(H,84,103)(H,85,102)(H,86,114)(H,87,117)(H,88,107)(H,89,119)(H,90,118)(H,91,120)(H,92,109)(H,93,116)(H,94,104)(H,95,112)(H,96,108)(H,97,110)(H,98,111)(H,99,113)(H,105,106)/t40-,42+,43?,44+,45+,47+,48+,49+,50+,51+,52+,53+,54+,60+,61+,62?,63-,64-,65-/m1/s1. The fraction of sp³-hybridized carbons (Fsp3) is 0.625. The predicted molar refractivity (Wildman–Crippen MR) is 462 cm³/mol. The molecule has 4 fully saturated rings. The van der Waals surface area contributed by atoms with Crippen molar-refractivity contribution in [3.8, 4) is 0 Å². The van der Waals surface area contributed by atoms with Gasteiger partial charge in [-0.3, -0.25) is 91.1 Å². The fourth-order valence-corrected chi connectivity index (χ4v) is 17.7. The monoisotopic (exact) mass is 1820 g/mol. The molecule has 41 nitrogen and oxygen atoms in total. The van der Waals surface area contributed by atoms with Crippen LogP contribution in [0.3, 0.4) is 0 Å². The normalized spacial score (nSPS) is 28.7. The van der Waals surface area contributed by atoms with Gasteiger partial charge in [0.25, 0.3) is 11.8 Å². The molecule has 1 aromatic rings. The third kappa shape index (κ3) is 32.4. The summed E-state index contributed by atoms with van der Waals surface area (Å²) in [7, 11) is 0. The van der Waals surface area contributed by atoms with Gasteiger partial charge >= 0.3 is 0 Å². The number of nitrogens with zero attached hydrogens (tertiary/aromatic N) is 1. The quantitative estimate of drug-likeness (QED) is 0.0480. The van der Waals surface area contributed by atoms with E-state index < -0.39 is 298 Å². The van der Waals surface area contributed by atoms with Crippen LogP contribution in [0.25, 0.3) is 0 Å². The van der Waals surface area contributed by atoms with Crippen LogP contribution < -0.4 is 107 Å². The second kappa shape index (κ2) is 50.0. The lowest BCUT2D eigenvalue weighted by Crippen LogP contribution is -2.69. The van der Waals surface area contributed by atoms with Crippen LogP contribution in [0.2, 0.25) is 0 Å². The van der Waals surface area contributed by atoms with E-state index in [1.165, 1.54) is 62.9 Å². The van der Waals surface area contributed by atoms with Gasteiger partial charge in [0.05, 0.1) is 37.6 Å². The topological polar surface area (TPSA) is 612 Å². The average Bonchev–Trinajstić information content (AvgIpc) is 1.75. The van der Waals surface area contributed by atoms with E-state index in [4.69, 9.17) is 0 Å². The second-order valence-electron chi connectivity index (χ2n) is 32.5. The summed E-state index contributed by atoms with van der Waals surface area (Å²) < 4.78 is 0. The first-order chi connectivity index (χ1) is 59.0. The number of fused-ring (bicyclic) bond motifs is 10. The van der Waals surface area contributed by atoms with Crippen LogP contribution in [0.15, 0.2) is 54.2 Å². The molecule has 1 aromatic carbocycles. The lowest BCUT2D eigenvalue weighted by Gasteiger charge is -2.33. The highest BCUT2D eigenvalue weighted by Crippen LogP contribution is 2.27. The van der Waals surface area contributed by atoms with Crippen molar-refractivity contribution < 1.29 is 107 Å². The van der Waals surface area contributed by atoms with Crippen molar-refractivity contribution >= 4 is 165 Å². The Morgan fingerprint density at radius 1 is 0.560 bits per heavy atom. The number of amides is 19. The lowest BCUT2D eigenvalue weighted by atomic mass is 9.98. The van der Waals surface area contributed by atoms with Crippen molar-refractivity contribution in [3.05, 3.63) is 59.8 Å². The van der Waals surface area contributed by atoms with E-state index in [1.807, 2.05) is 0 Å². The highest BCUT2D eigenvalue weighted by Gasteiger charge is 2.45. The third-order valence-corrected chi connectivity index (χ3v) is 26.1. The first kappa shape index (κ1) is 103. The molecule has 2 unspecified atom stereocenters. The number of carbonyl (C=O) groups excluding carboxylic acids is 20. The number of nitrogens with one attached hydrogen (secondary N) is 18. The van der Waals surface area contributed by atoms with Crippen LogP contribution in [0.4, 0.5) is 0 Å². The number of hydrogen-bond donors (Lipinski definition) is 19. The molecule has 4 saturated heterocycles. The van der Waals surface area contributed by atoms with Gasteiger partial charge in [-0.2, -0.15) is 23.5 Å². The zero-order chi connectivity index (χ0) is 92.8. The fourth-order valence-electron chi connectivity index (χ4n) is 13.6. The minimum atomic E-state index is -1.94. The van der Waals surface area contributed by atoms with Gasteiger partial charge < -0.3 is 116 Å². The van der Waals surface area contributed by atoms with Gasteiger partial charge in [0.2, 0.25) is 100 Å². The van der Waals surface area contributed by atoms with Crippen molar-refractivity contribution in [1.82, 2.24) is 101 Å². The van der Waals surface area contributed by atoms with Gasteiger partial charge in [0.15, 0.2) is 6.04 Å². The molecule has 0 spiro atoms. The number of thioether (sulfide) groups is 4. The highest BCUT2D eigenvalue weighted by atomic mass is 32.2. The highest BCUT2D eigenvalue weighted by molar-refractivity contribution is 8.02. The predicted octanol–water partition coefficient (Wildman–Crippen LogP) is -6.80. The first-order valence-electron chi connectivity index (χ1n) is 41.5. The SMILES string of the molecule is C=C1NC(=O)C2NC(=O)[C@H](CC(C)C)NC(=O)[C@H](NC(=O)[C@@H]3CS[C@@H](C)[C@@H](NC(=O)[C@H](Cc4ccccc4)NC(=O)[C@@H]4NC(=O)[C@@H]([NH3+])CSC4C)C(=O)N[C@@H](CC(C)C)C(=O)N4CCC[C@H]4C(=O)NCC(=O)NCC(=O)NCC(=O)NCC(=O)N[C@@H](C(C)C)C(=O)N3)[C@H](C)SC[C@H](NC(=O)[C@H](CCC(=O)[O-])NC1=O)C(=O)N[C@@H]([C@H](C)CC)C(=O)NC=CS[C@H]2C. The lowest BCUT2D eigenvalue weighted by molar-refractivity contribution is -0.396. The number of carboxylic acids is 1. The second-order valence-corrected chi connectivity index (χ2v) is 38.0. The molecule has 125 heavy (non-hydrogen) atoms. The molecule has 0 radical (unpaired) electrons. The van der Waals surface area contributed by atoms with E-state index in [-0.39, 0.29) is 56.7 Å². The van der Waals surface area contributed by atoms with Crippen LogP contribution in [-0.4, -0.2) is 279 Å². The molecule has 5 aliphatic heterocycles. The molecule has 690 valence electrons. The molecule has 2 bridgehead atoms. The van der Waals surface area contributed by atoms with E-state index in [0.717, 1.165) is 35.3 Å². The van der Waals surface area contributed by atoms with Crippen LogP contribution in [0.5, 0.6) is 0 Å². The molecule has 5 aliphatic rings. The van der Waals surface area contributed by atoms with Crippen molar-refractivity contribution in [2.24, 2.45) is 23.7 Å².